The fourth-order valence-corrected chi connectivity index (χ4v) is 1.84. The highest BCUT2D eigenvalue weighted by Crippen LogP contribution is 2.12. The van der Waals surface area contributed by atoms with E-state index in [4.69, 9.17) is 10.5 Å². The van der Waals surface area contributed by atoms with Gasteiger partial charge in [0.15, 0.2) is 0 Å². The van der Waals surface area contributed by atoms with Crippen LogP contribution in [0.5, 0.6) is 5.75 Å². The molecule has 2 aromatic rings. The fourth-order valence-electron chi connectivity index (χ4n) is 1.84. The van der Waals surface area contributed by atoms with Gasteiger partial charge in [-0.2, -0.15) is 0 Å². The maximum atomic E-state index is 5.61. The van der Waals surface area contributed by atoms with Gasteiger partial charge < -0.3 is 15.8 Å². The minimum absolute atomic E-state index is 0.649. The number of benzene rings is 2. The Kier molecular flexibility index (Phi) is 4.81. The molecule has 3 heteroatoms. The second-order valence-electron chi connectivity index (χ2n) is 4.52. The number of aryl methyl sites for hydroxylation is 1. The molecule has 0 saturated heterocycles. The van der Waals surface area contributed by atoms with Crippen LogP contribution < -0.4 is 15.8 Å². The second-order valence-corrected chi connectivity index (χ2v) is 4.52. The molecule has 0 saturated carbocycles. The molecule has 0 aliphatic heterocycles. The van der Waals surface area contributed by atoms with Crippen LogP contribution in [0.3, 0.4) is 0 Å². The molecule has 19 heavy (non-hydrogen) atoms. The van der Waals surface area contributed by atoms with Crippen molar-refractivity contribution >= 4 is 5.69 Å². The van der Waals surface area contributed by atoms with Gasteiger partial charge in [-0.05, 0) is 42.3 Å². The molecule has 0 aliphatic rings. The summed E-state index contributed by atoms with van der Waals surface area (Å²) in [5, 5.41) is 3.37. The van der Waals surface area contributed by atoms with Crippen molar-refractivity contribution in [3.05, 3.63) is 59.7 Å². The third-order valence-corrected chi connectivity index (χ3v) is 3.00. The number of nitrogen functional groups attached to an aromatic ring is 1. The molecular formula is C16H20N2O. The Morgan fingerprint density at radius 2 is 1.79 bits per heavy atom. The number of hydrogen-bond acceptors (Lipinski definition) is 3. The smallest absolute Gasteiger partial charge is 0.119 e. The van der Waals surface area contributed by atoms with Gasteiger partial charge in [0.2, 0.25) is 0 Å². The summed E-state index contributed by atoms with van der Waals surface area (Å²) in [6.45, 7) is 4.47. The lowest BCUT2D eigenvalue weighted by molar-refractivity contribution is 0.313. The molecule has 0 radical (unpaired) electrons. The average molecular weight is 256 g/mol. The first-order valence-electron chi connectivity index (χ1n) is 6.49. The summed E-state index contributed by atoms with van der Waals surface area (Å²) >= 11 is 0. The van der Waals surface area contributed by atoms with E-state index in [9.17, 15) is 0 Å². The molecule has 0 aromatic heterocycles. The predicted octanol–water partition coefficient (Wildman–Crippen LogP) is 2.75. The van der Waals surface area contributed by atoms with Gasteiger partial charge in [0, 0.05) is 18.8 Å². The molecule has 100 valence electrons. The largest absolute Gasteiger partial charge is 0.492 e. The molecule has 0 fully saturated rings. The minimum atomic E-state index is 0.649. The number of hydrogen-bond donors (Lipinski definition) is 2. The molecule has 0 atom stereocenters. The lowest BCUT2D eigenvalue weighted by Crippen LogP contribution is -2.21. The topological polar surface area (TPSA) is 47.3 Å². The van der Waals surface area contributed by atoms with Gasteiger partial charge in [-0.15, -0.1) is 0 Å². The molecule has 2 rings (SSSR count). The van der Waals surface area contributed by atoms with E-state index in [1.165, 1.54) is 11.1 Å². The fraction of sp³-hybridized carbons (Fsp3) is 0.250. The van der Waals surface area contributed by atoms with Gasteiger partial charge in [0.05, 0.1) is 0 Å². The van der Waals surface area contributed by atoms with Crippen LogP contribution in [0.4, 0.5) is 5.69 Å². The van der Waals surface area contributed by atoms with Crippen LogP contribution in [0.2, 0.25) is 0 Å². The van der Waals surface area contributed by atoms with E-state index in [0.29, 0.717) is 6.61 Å². The summed E-state index contributed by atoms with van der Waals surface area (Å²) in [6, 6.07) is 15.8. The van der Waals surface area contributed by atoms with Crippen LogP contribution in [0.15, 0.2) is 48.5 Å². The molecule has 3 N–H and O–H groups in total. The standard InChI is InChI=1S/C16H20N2O/c1-13-4-2-3-5-14(13)12-18-10-11-19-16-8-6-15(17)7-9-16/h2-9,18H,10-12,17H2,1H3. The number of rotatable bonds is 6. The van der Waals surface area contributed by atoms with Crippen molar-refractivity contribution < 1.29 is 4.74 Å². The zero-order chi connectivity index (χ0) is 13.5. The van der Waals surface area contributed by atoms with Crippen LogP contribution in [-0.2, 0) is 6.54 Å². The van der Waals surface area contributed by atoms with Crippen molar-refractivity contribution in [3.8, 4) is 5.75 Å². The molecule has 0 bridgehead atoms. The predicted molar refractivity (Wildman–Crippen MR) is 79.2 cm³/mol. The van der Waals surface area contributed by atoms with Crippen LogP contribution in [0.1, 0.15) is 11.1 Å². The van der Waals surface area contributed by atoms with E-state index in [-0.39, 0.29) is 0 Å². The lowest BCUT2D eigenvalue weighted by atomic mass is 10.1. The molecule has 0 unspecified atom stereocenters. The first-order valence-corrected chi connectivity index (χ1v) is 6.49. The van der Waals surface area contributed by atoms with Crippen LogP contribution in [0, 0.1) is 6.92 Å². The Morgan fingerprint density at radius 1 is 1.05 bits per heavy atom. The average Bonchev–Trinajstić information content (AvgIpc) is 2.42. The summed E-state index contributed by atoms with van der Waals surface area (Å²) in [5.41, 5.74) is 9.01. The molecule has 0 heterocycles. The molecule has 2 aromatic carbocycles. The maximum absolute atomic E-state index is 5.61. The summed E-state index contributed by atoms with van der Waals surface area (Å²) in [6.07, 6.45) is 0. The van der Waals surface area contributed by atoms with E-state index >= 15 is 0 Å². The Balaban J connectivity index is 1.67. The maximum Gasteiger partial charge on any atom is 0.119 e. The van der Waals surface area contributed by atoms with Crippen molar-refractivity contribution in [2.75, 3.05) is 18.9 Å². The van der Waals surface area contributed by atoms with E-state index in [0.717, 1.165) is 24.5 Å². The zero-order valence-corrected chi connectivity index (χ0v) is 11.2. The van der Waals surface area contributed by atoms with Crippen molar-refractivity contribution in [1.82, 2.24) is 5.32 Å². The van der Waals surface area contributed by atoms with Crippen LogP contribution >= 0.6 is 0 Å². The van der Waals surface area contributed by atoms with Gasteiger partial charge >= 0.3 is 0 Å². The number of anilines is 1. The normalized spacial score (nSPS) is 10.4. The highest BCUT2D eigenvalue weighted by atomic mass is 16.5. The van der Waals surface area contributed by atoms with Crippen molar-refractivity contribution in [1.29, 1.82) is 0 Å². The number of ether oxygens (including phenoxy) is 1. The molecule has 0 spiro atoms. The van der Waals surface area contributed by atoms with E-state index in [1.807, 2.05) is 24.3 Å². The summed E-state index contributed by atoms with van der Waals surface area (Å²) < 4.78 is 5.61. The van der Waals surface area contributed by atoms with Crippen LogP contribution in [-0.4, -0.2) is 13.2 Å². The summed E-state index contributed by atoms with van der Waals surface area (Å²) in [4.78, 5) is 0. The van der Waals surface area contributed by atoms with Crippen molar-refractivity contribution in [2.45, 2.75) is 13.5 Å². The minimum Gasteiger partial charge on any atom is -0.492 e. The van der Waals surface area contributed by atoms with E-state index < -0.39 is 0 Å². The Hall–Kier alpha value is -2.00. The third kappa shape index (κ3) is 4.30. The van der Waals surface area contributed by atoms with Crippen LogP contribution in [0.25, 0.3) is 0 Å². The SMILES string of the molecule is Cc1ccccc1CNCCOc1ccc(N)cc1. The number of nitrogens with two attached hydrogens (primary N) is 1. The van der Waals surface area contributed by atoms with Gasteiger partial charge in [0.1, 0.15) is 12.4 Å². The molecule has 3 nitrogen and oxygen atoms in total. The highest BCUT2D eigenvalue weighted by molar-refractivity contribution is 5.41. The van der Waals surface area contributed by atoms with Gasteiger partial charge in [-0.3, -0.25) is 0 Å². The third-order valence-electron chi connectivity index (χ3n) is 3.00. The first kappa shape index (κ1) is 13.4. The van der Waals surface area contributed by atoms with E-state index in [1.54, 1.807) is 0 Å². The molecule has 0 amide bonds. The summed E-state index contributed by atoms with van der Waals surface area (Å²) in [7, 11) is 0. The quantitative estimate of drug-likeness (QED) is 0.617. The van der Waals surface area contributed by atoms with E-state index in [2.05, 4.69) is 36.5 Å². The second kappa shape index (κ2) is 6.81. The summed E-state index contributed by atoms with van der Waals surface area (Å²) in [5.74, 6) is 0.854. The lowest BCUT2D eigenvalue weighted by Gasteiger charge is -2.09. The monoisotopic (exact) mass is 256 g/mol. The van der Waals surface area contributed by atoms with Gasteiger partial charge in [-0.1, -0.05) is 24.3 Å². The van der Waals surface area contributed by atoms with Gasteiger partial charge in [0.25, 0.3) is 0 Å². The van der Waals surface area contributed by atoms with Crippen molar-refractivity contribution in [2.24, 2.45) is 0 Å². The Labute approximate surface area is 114 Å². The zero-order valence-electron chi connectivity index (χ0n) is 11.2. The Bertz CT molecular complexity index is 508. The number of nitrogens with one attached hydrogen (secondary N) is 1. The molecule has 0 aliphatic carbocycles. The van der Waals surface area contributed by atoms with Crippen molar-refractivity contribution in [3.63, 3.8) is 0 Å². The first-order chi connectivity index (χ1) is 9.25. The Morgan fingerprint density at radius 3 is 2.53 bits per heavy atom. The van der Waals surface area contributed by atoms with Gasteiger partial charge in [-0.25, -0.2) is 0 Å². The molecular weight excluding hydrogens is 236 g/mol. The highest BCUT2D eigenvalue weighted by Gasteiger charge is 1.97.